The van der Waals surface area contributed by atoms with E-state index in [0.717, 1.165) is 18.4 Å². The molecule has 1 spiro atoms. The van der Waals surface area contributed by atoms with E-state index in [1.54, 1.807) is 24.3 Å². The molecule has 1 N–H and O–H groups in total. The highest BCUT2D eigenvalue weighted by Gasteiger charge is 2.69. The SMILES string of the molecule is O=C(c1ccc(Cl)c(Cl)c1)C1C(c2ccccc2)C2CCCN2[C@@]12C(=O)Nc1ccc(F)cc12. The molecule has 6 rings (SSSR count). The van der Waals surface area contributed by atoms with E-state index in [1.165, 1.54) is 12.1 Å². The van der Waals surface area contributed by atoms with Crippen LogP contribution in [0.2, 0.25) is 10.0 Å². The molecule has 7 heteroatoms. The minimum Gasteiger partial charge on any atom is -0.324 e. The quantitative estimate of drug-likeness (QED) is 0.451. The molecule has 2 fully saturated rings. The second-order valence-corrected chi connectivity index (χ2v) is 10.0. The lowest BCUT2D eigenvalue weighted by atomic mass is 9.69. The number of fused-ring (bicyclic) bond motifs is 4. The van der Waals surface area contributed by atoms with Crippen molar-refractivity contribution < 1.29 is 14.0 Å². The van der Waals surface area contributed by atoms with Crippen LogP contribution in [0.4, 0.5) is 10.1 Å². The van der Waals surface area contributed by atoms with Crippen molar-refractivity contribution in [1.82, 2.24) is 4.90 Å². The lowest BCUT2D eigenvalue weighted by Gasteiger charge is -2.37. The highest BCUT2D eigenvalue weighted by Crippen LogP contribution is 2.61. The van der Waals surface area contributed by atoms with Gasteiger partial charge in [0.25, 0.3) is 0 Å². The molecule has 3 aliphatic rings. The number of hydrogen-bond acceptors (Lipinski definition) is 3. The van der Waals surface area contributed by atoms with Gasteiger partial charge in [-0.25, -0.2) is 4.39 Å². The van der Waals surface area contributed by atoms with Crippen LogP contribution in [0.25, 0.3) is 0 Å². The standard InChI is InChI=1S/C27H21Cl2FN2O2/c28-19-10-8-16(13-20(19)29)25(33)24-23(15-5-2-1-3-6-15)22-7-4-12-32(22)27(24)18-14-17(30)9-11-21(18)31-26(27)34/h1-3,5-6,8-11,13-14,22-24H,4,7,12H2,(H,31,34)/t22?,23?,24?,27-/m1/s1. The fourth-order valence-corrected chi connectivity index (χ4v) is 6.71. The van der Waals surface area contributed by atoms with Gasteiger partial charge < -0.3 is 5.32 Å². The van der Waals surface area contributed by atoms with Crippen molar-refractivity contribution in [3.8, 4) is 0 Å². The van der Waals surface area contributed by atoms with E-state index in [1.807, 2.05) is 30.3 Å². The summed E-state index contributed by atoms with van der Waals surface area (Å²) in [5.41, 5.74) is 1.16. The van der Waals surface area contributed by atoms with Crippen molar-refractivity contribution in [2.24, 2.45) is 5.92 Å². The predicted octanol–water partition coefficient (Wildman–Crippen LogP) is 6.04. The van der Waals surface area contributed by atoms with E-state index in [2.05, 4.69) is 10.2 Å². The summed E-state index contributed by atoms with van der Waals surface area (Å²) < 4.78 is 14.6. The maximum atomic E-state index is 14.6. The topological polar surface area (TPSA) is 49.4 Å². The number of hydrogen-bond donors (Lipinski definition) is 1. The summed E-state index contributed by atoms with van der Waals surface area (Å²) in [6.07, 6.45) is 1.76. The number of nitrogens with zero attached hydrogens (tertiary/aromatic N) is 1. The summed E-state index contributed by atoms with van der Waals surface area (Å²) in [7, 11) is 0. The third-order valence-electron chi connectivity index (χ3n) is 7.63. The van der Waals surface area contributed by atoms with Crippen LogP contribution in [-0.4, -0.2) is 29.2 Å². The molecule has 0 saturated carbocycles. The lowest BCUT2D eigenvalue weighted by Crippen LogP contribution is -2.52. The zero-order valence-corrected chi connectivity index (χ0v) is 19.6. The fraction of sp³-hybridized carbons (Fsp3) is 0.259. The first-order valence-electron chi connectivity index (χ1n) is 11.4. The van der Waals surface area contributed by atoms with E-state index >= 15 is 0 Å². The Bertz CT molecular complexity index is 1330. The second kappa shape index (κ2) is 7.91. The first-order valence-corrected chi connectivity index (χ1v) is 12.1. The third kappa shape index (κ3) is 2.94. The van der Waals surface area contributed by atoms with Gasteiger partial charge in [-0.3, -0.25) is 14.5 Å². The van der Waals surface area contributed by atoms with Crippen molar-refractivity contribution in [2.45, 2.75) is 30.3 Å². The average molecular weight is 495 g/mol. The molecule has 3 aromatic rings. The Morgan fingerprint density at radius 2 is 1.82 bits per heavy atom. The molecule has 172 valence electrons. The number of carbonyl (C=O) groups is 2. The van der Waals surface area contributed by atoms with Crippen LogP contribution in [-0.2, 0) is 10.3 Å². The van der Waals surface area contributed by atoms with Crippen LogP contribution in [0.15, 0.2) is 66.7 Å². The molecule has 3 aromatic carbocycles. The number of Topliss-reactive ketones (excluding diaryl/α,β-unsaturated/α-hetero) is 1. The number of anilines is 1. The van der Waals surface area contributed by atoms with Gasteiger partial charge >= 0.3 is 0 Å². The molecule has 0 bridgehead atoms. The molecule has 4 atom stereocenters. The van der Waals surface area contributed by atoms with Crippen LogP contribution in [0.1, 0.15) is 40.2 Å². The largest absolute Gasteiger partial charge is 0.324 e. The number of carbonyl (C=O) groups excluding carboxylic acids is 2. The molecular formula is C27H21Cl2FN2O2. The Kier molecular flexibility index (Phi) is 5.07. The molecule has 34 heavy (non-hydrogen) atoms. The summed E-state index contributed by atoms with van der Waals surface area (Å²) in [4.78, 5) is 30.3. The Morgan fingerprint density at radius 3 is 2.59 bits per heavy atom. The smallest absolute Gasteiger partial charge is 0.250 e. The van der Waals surface area contributed by atoms with Crippen molar-refractivity contribution in [3.05, 3.63) is 99.3 Å². The van der Waals surface area contributed by atoms with Gasteiger partial charge in [0.15, 0.2) is 5.78 Å². The lowest BCUT2D eigenvalue weighted by molar-refractivity contribution is -0.127. The summed E-state index contributed by atoms with van der Waals surface area (Å²) >= 11 is 12.4. The maximum absolute atomic E-state index is 14.6. The van der Waals surface area contributed by atoms with Crippen molar-refractivity contribution in [1.29, 1.82) is 0 Å². The zero-order chi connectivity index (χ0) is 23.6. The molecule has 3 aliphatic heterocycles. The molecule has 3 heterocycles. The molecule has 0 aliphatic carbocycles. The molecule has 2 saturated heterocycles. The Hall–Kier alpha value is -2.73. The number of nitrogens with one attached hydrogen (secondary N) is 1. The van der Waals surface area contributed by atoms with E-state index in [9.17, 15) is 14.0 Å². The van der Waals surface area contributed by atoms with Gasteiger partial charge in [-0.15, -0.1) is 0 Å². The van der Waals surface area contributed by atoms with Gasteiger partial charge in [0.1, 0.15) is 11.4 Å². The van der Waals surface area contributed by atoms with Crippen LogP contribution in [0.3, 0.4) is 0 Å². The molecule has 4 nitrogen and oxygen atoms in total. The number of rotatable bonds is 3. The number of halogens is 3. The summed E-state index contributed by atoms with van der Waals surface area (Å²) in [6.45, 7) is 0.655. The van der Waals surface area contributed by atoms with Crippen LogP contribution in [0, 0.1) is 11.7 Å². The van der Waals surface area contributed by atoms with Gasteiger partial charge in [0, 0.05) is 28.8 Å². The molecule has 3 unspecified atom stereocenters. The van der Waals surface area contributed by atoms with E-state index < -0.39 is 17.3 Å². The van der Waals surface area contributed by atoms with E-state index in [-0.39, 0.29) is 28.7 Å². The first kappa shape index (κ1) is 21.8. The van der Waals surface area contributed by atoms with Crippen molar-refractivity contribution >= 4 is 40.6 Å². The predicted molar refractivity (Wildman–Crippen MR) is 130 cm³/mol. The van der Waals surface area contributed by atoms with Crippen molar-refractivity contribution in [2.75, 3.05) is 11.9 Å². The van der Waals surface area contributed by atoms with Gasteiger partial charge in [-0.05, 0) is 61.3 Å². The Labute approximate surface area is 206 Å². The minimum absolute atomic E-state index is 0.0286. The Balaban J connectivity index is 1.62. The summed E-state index contributed by atoms with van der Waals surface area (Å²) in [6, 6.07) is 18.9. The van der Waals surface area contributed by atoms with Gasteiger partial charge in [-0.1, -0.05) is 53.5 Å². The molecule has 0 aromatic heterocycles. The third-order valence-corrected chi connectivity index (χ3v) is 8.37. The number of benzene rings is 3. The minimum atomic E-state index is -1.30. The molecular weight excluding hydrogens is 474 g/mol. The summed E-state index contributed by atoms with van der Waals surface area (Å²) in [5, 5.41) is 3.58. The fourth-order valence-electron chi connectivity index (χ4n) is 6.41. The molecule has 0 radical (unpaired) electrons. The van der Waals surface area contributed by atoms with Gasteiger partial charge in [-0.2, -0.15) is 0 Å². The van der Waals surface area contributed by atoms with Crippen molar-refractivity contribution in [3.63, 3.8) is 0 Å². The van der Waals surface area contributed by atoms with Gasteiger partial charge in [0.2, 0.25) is 5.91 Å². The maximum Gasteiger partial charge on any atom is 0.250 e. The van der Waals surface area contributed by atoms with E-state index in [4.69, 9.17) is 23.2 Å². The number of amides is 1. The van der Waals surface area contributed by atoms with Gasteiger partial charge in [0.05, 0.1) is 16.0 Å². The Morgan fingerprint density at radius 1 is 1.03 bits per heavy atom. The number of ketones is 1. The highest BCUT2D eigenvalue weighted by molar-refractivity contribution is 6.42. The molecule has 1 amide bonds. The average Bonchev–Trinajstić information content (AvgIpc) is 3.49. The highest BCUT2D eigenvalue weighted by atomic mass is 35.5. The van der Waals surface area contributed by atoms with Crippen LogP contribution < -0.4 is 5.32 Å². The monoisotopic (exact) mass is 494 g/mol. The normalized spacial score (nSPS) is 27.6. The first-order chi connectivity index (χ1) is 16.4. The zero-order valence-electron chi connectivity index (χ0n) is 18.1. The van der Waals surface area contributed by atoms with Crippen LogP contribution >= 0.6 is 23.2 Å². The summed E-state index contributed by atoms with van der Waals surface area (Å²) in [5.74, 6) is -1.92. The second-order valence-electron chi connectivity index (χ2n) is 9.22. The van der Waals surface area contributed by atoms with Crippen LogP contribution in [0.5, 0.6) is 0 Å². The van der Waals surface area contributed by atoms with E-state index in [0.29, 0.717) is 28.4 Å².